The van der Waals surface area contributed by atoms with Crippen LogP contribution < -0.4 is 10.1 Å². The highest BCUT2D eigenvalue weighted by molar-refractivity contribution is 5.77. The van der Waals surface area contributed by atoms with Gasteiger partial charge in [0.2, 0.25) is 0 Å². The van der Waals surface area contributed by atoms with Gasteiger partial charge in [0, 0.05) is 12.1 Å². The Morgan fingerprint density at radius 2 is 1.97 bits per heavy atom. The quantitative estimate of drug-likeness (QED) is 0.484. The number of nitro groups is 1. The summed E-state index contributed by atoms with van der Waals surface area (Å²) < 4.78 is 5.66. The van der Waals surface area contributed by atoms with E-state index in [0.717, 1.165) is 48.8 Å². The summed E-state index contributed by atoms with van der Waals surface area (Å²) in [5.74, 6) is 1.06. The van der Waals surface area contributed by atoms with Crippen LogP contribution in [-0.4, -0.2) is 28.6 Å². The maximum atomic E-state index is 12.3. The Hall–Kier alpha value is -2.93. The molecule has 2 saturated carbocycles. The number of rotatable bonds is 6. The van der Waals surface area contributed by atoms with Crippen molar-refractivity contribution in [2.24, 2.45) is 17.3 Å². The fraction of sp³-hybridized carbons (Fsp3) is 0.519. The summed E-state index contributed by atoms with van der Waals surface area (Å²) in [6.07, 6.45) is 5.08. The lowest BCUT2D eigenvalue weighted by atomic mass is 9.55. The minimum Gasteiger partial charge on any atom is -0.477 e. The predicted molar refractivity (Wildman–Crippen MR) is 128 cm³/mol. The van der Waals surface area contributed by atoms with Crippen molar-refractivity contribution < 1.29 is 19.6 Å². The van der Waals surface area contributed by atoms with E-state index in [1.807, 2.05) is 36.4 Å². The Labute approximate surface area is 199 Å². The van der Waals surface area contributed by atoms with Gasteiger partial charge >= 0.3 is 5.69 Å². The van der Waals surface area contributed by atoms with Crippen molar-refractivity contribution in [2.75, 3.05) is 6.61 Å². The van der Waals surface area contributed by atoms with Crippen molar-refractivity contribution in [3.05, 3.63) is 69.3 Å². The molecule has 2 aromatic rings. The molecule has 0 saturated heterocycles. The molecule has 3 aliphatic rings. The molecular formula is C27H32N2O5. The fourth-order valence-electron chi connectivity index (χ4n) is 6.91. The summed E-state index contributed by atoms with van der Waals surface area (Å²) in [5, 5.41) is 25.5. The second kappa shape index (κ2) is 9.02. The van der Waals surface area contributed by atoms with Crippen LogP contribution in [0.15, 0.2) is 42.5 Å². The van der Waals surface area contributed by atoms with Gasteiger partial charge in [0.05, 0.1) is 11.0 Å². The van der Waals surface area contributed by atoms with Gasteiger partial charge in [-0.25, -0.2) is 0 Å². The molecule has 0 bridgehead atoms. The average molecular weight is 465 g/mol. The Morgan fingerprint density at radius 3 is 2.74 bits per heavy atom. The molecule has 34 heavy (non-hydrogen) atoms. The van der Waals surface area contributed by atoms with Crippen molar-refractivity contribution in [1.82, 2.24) is 5.32 Å². The zero-order valence-corrected chi connectivity index (χ0v) is 19.5. The van der Waals surface area contributed by atoms with Gasteiger partial charge in [0.25, 0.3) is 5.91 Å². The summed E-state index contributed by atoms with van der Waals surface area (Å²) in [6, 6.07) is 13.2. The van der Waals surface area contributed by atoms with Gasteiger partial charge in [-0.3, -0.25) is 14.9 Å². The van der Waals surface area contributed by atoms with E-state index in [1.54, 1.807) is 6.07 Å². The summed E-state index contributed by atoms with van der Waals surface area (Å²) in [4.78, 5) is 24.0. The number of aliphatic hydroxyl groups is 1. The number of carbonyl (C=O) groups is 1. The summed E-state index contributed by atoms with van der Waals surface area (Å²) >= 11 is 0. The first kappa shape index (κ1) is 22.8. The molecule has 2 aromatic carbocycles. The number of amides is 1. The molecule has 5 rings (SSSR count). The first-order valence-electron chi connectivity index (χ1n) is 12.3. The van der Waals surface area contributed by atoms with E-state index in [9.17, 15) is 20.0 Å². The second-order valence-corrected chi connectivity index (χ2v) is 10.3. The van der Waals surface area contributed by atoms with Crippen molar-refractivity contribution in [2.45, 2.75) is 64.0 Å². The number of hydrogen-bond donors (Lipinski definition) is 2. The average Bonchev–Trinajstić information content (AvgIpc) is 3.15. The van der Waals surface area contributed by atoms with Crippen LogP contribution in [0.1, 0.15) is 61.6 Å². The topological polar surface area (TPSA) is 102 Å². The maximum Gasteiger partial charge on any atom is 0.314 e. The molecule has 2 fully saturated rings. The van der Waals surface area contributed by atoms with Crippen LogP contribution in [-0.2, 0) is 17.8 Å². The monoisotopic (exact) mass is 464 g/mol. The predicted octanol–water partition coefficient (Wildman–Crippen LogP) is 4.51. The molecule has 7 nitrogen and oxygen atoms in total. The van der Waals surface area contributed by atoms with E-state index in [4.69, 9.17) is 4.74 Å². The minimum absolute atomic E-state index is 0.00611. The van der Waals surface area contributed by atoms with Crippen LogP contribution >= 0.6 is 0 Å². The van der Waals surface area contributed by atoms with Gasteiger partial charge < -0.3 is 15.2 Å². The minimum atomic E-state index is -0.358. The highest BCUT2D eigenvalue weighted by Crippen LogP contribution is 2.61. The lowest BCUT2D eigenvalue weighted by molar-refractivity contribution is -0.386. The number of nitro benzene ring substituents is 1. The van der Waals surface area contributed by atoms with Gasteiger partial charge in [0.1, 0.15) is 0 Å². The zero-order valence-electron chi connectivity index (χ0n) is 19.5. The third-order valence-corrected chi connectivity index (χ3v) is 8.67. The number of nitrogens with one attached hydrogen (secondary N) is 1. The third kappa shape index (κ3) is 3.96. The molecule has 5 unspecified atom stereocenters. The number of nitrogens with zero attached hydrogens (tertiary/aromatic N) is 1. The molecule has 3 aliphatic carbocycles. The number of carbonyl (C=O) groups excluding carboxylic acids is 1. The van der Waals surface area contributed by atoms with Crippen molar-refractivity contribution >= 4 is 11.6 Å². The molecule has 180 valence electrons. The molecule has 1 amide bonds. The van der Waals surface area contributed by atoms with Crippen LogP contribution in [0.2, 0.25) is 0 Å². The Bertz CT molecular complexity index is 1090. The van der Waals surface area contributed by atoms with E-state index in [0.29, 0.717) is 24.8 Å². The first-order valence-corrected chi connectivity index (χ1v) is 12.3. The molecule has 7 heteroatoms. The van der Waals surface area contributed by atoms with Crippen molar-refractivity contribution in [1.29, 1.82) is 0 Å². The largest absolute Gasteiger partial charge is 0.477 e. The molecule has 0 heterocycles. The van der Waals surface area contributed by atoms with E-state index in [-0.39, 0.29) is 46.3 Å². The van der Waals surface area contributed by atoms with E-state index < -0.39 is 0 Å². The van der Waals surface area contributed by atoms with Crippen LogP contribution in [0.25, 0.3) is 0 Å². The maximum absolute atomic E-state index is 12.3. The number of hydrogen-bond acceptors (Lipinski definition) is 5. The molecule has 2 N–H and O–H groups in total. The number of fused-ring (bicyclic) bond motifs is 5. The fourth-order valence-corrected chi connectivity index (χ4v) is 6.91. The Balaban J connectivity index is 1.32. The normalized spacial score (nSPS) is 29.5. The molecule has 0 aliphatic heterocycles. The lowest BCUT2D eigenvalue weighted by Crippen LogP contribution is -2.44. The van der Waals surface area contributed by atoms with Crippen molar-refractivity contribution in [3.8, 4) is 5.75 Å². The van der Waals surface area contributed by atoms with Gasteiger partial charge in [-0.2, -0.15) is 0 Å². The van der Waals surface area contributed by atoms with E-state index in [2.05, 4.69) is 12.2 Å². The summed E-state index contributed by atoms with van der Waals surface area (Å²) in [5.41, 5.74) is 2.78. The van der Waals surface area contributed by atoms with Gasteiger partial charge in [-0.1, -0.05) is 43.3 Å². The standard InChI is InChI=1S/C27H32N2O5/c1-27-14-13-19-18-9-11-23(34-16-25(31)28-15-17-5-3-2-4-6-17)26(29(32)33)21(18)8-7-20(19)22(27)10-12-24(27)30/h2-6,9,11,19-20,22,24,30H,7-8,10,12-16H2,1H3,(H,28,31). The molecular weight excluding hydrogens is 432 g/mol. The molecule has 0 aromatic heterocycles. The van der Waals surface area contributed by atoms with E-state index in [1.165, 1.54) is 0 Å². The van der Waals surface area contributed by atoms with Gasteiger partial charge in [-0.15, -0.1) is 0 Å². The van der Waals surface area contributed by atoms with Crippen molar-refractivity contribution in [3.63, 3.8) is 0 Å². The number of aliphatic hydroxyl groups excluding tert-OH is 1. The number of ether oxygens (including phenoxy) is 1. The zero-order chi connectivity index (χ0) is 23.9. The van der Waals surface area contributed by atoms with Gasteiger partial charge in [0.15, 0.2) is 12.4 Å². The highest BCUT2D eigenvalue weighted by atomic mass is 16.6. The smallest absolute Gasteiger partial charge is 0.314 e. The summed E-state index contributed by atoms with van der Waals surface area (Å²) in [7, 11) is 0. The highest BCUT2D eigenvalue weighted by Gasteiger charge is 2.55. The van der Waals surface area contributed by atoms with Crippen LogP contribution in [0, 0.1) is 27.4 Å². The van der Waals surface area contributed by atoms with Gasteiger partial charge in [-0.05, 0) is 78.9 Å². The van der Waals surface area contributed by atoms with Crippen LogP contribution in [0.4, 0.5) is 5.69 Å². The number of benzene rings is 2. The second-order valence-electron chi connectivity index (χ2n) is 10.3. The Morgan fingerprint density at radius 1 is 1.18 bits per heavy atom. The SMILES string of the molecule is CC12CCC3c4ccc(OCC(=O)NCc5ccccc5)c([N+](=O)[O-])c4CCC3C1CCC2O. The summed E-state index contributed by atoms with van der Waals surface area (Å²) in [6.45, 7) is 2.34. The first-order chi connectivity index (χ1) is 16.4. The molecule has 0 spiro atoms. The Kier molecular flexibility index (Phi) is 6.06. The molecule has 0 radical (unpaired) electrons. The lowest BCUT2D eigenvalue weighted by Gasteiger charge is -2.50. The van der Waals surface area contributed by atoms with E-state index >= 15 is 0 Å². The van der Waals surface area contributed by atoms with Crippen LogP contribution in [0.3, 0.4) is 0 Å². The molecule has 5 atom stereocenters. The third-order valence-electron chi connectivity index (χ3n) is 8.67. The van der Waals surface area contributed by atoms with Crippen LogP contribution in [0.5, 0.6) is 5.75 Å².